The number of likely N-dealkylation sites (tertiary alicyclic amines) is 1. The van der Waals surface area contributed by atoms with Gasteiger partial charge in [-0.25, -0.2) is 9.97 Å². The number of morpholine rings is 1. The molecule has 9 heteroatoms. The lowest BCUT2D eigenvalue weighted by Crippen LogP contribution is -2.48. The van der Waals surface area contributed by atoms with Gasteiger partial charge in [0.2, 0.25) is 5.91 Å². The number of amides is 1. The van der Waals surface area contributed by atoms with Crippen molar-refractivity contribution in [3.8, 4) is 0 Å². The maximum absolute atomic E-state index is 13.3. The SMILES string of the molecule is O=C(c1ccccc1Cl)c1c[nH]c2ncnc(NC3CCC(C(=O)N4C[C@@H]5CC[C@@H](C4)O5)CC3)c12. The lowest BCUT2D eigenvalue weighted by Gasteiger charge is -2.36. The van der Waals surface area contributed by atoms with Gasteiger partial charge in [-0.3, -0.25) is 9.59 Å². The Hall–Kier alpha value is -2.97. The summed E-state index contributed by atoms with van der Waals surface area (Å²) in [6.45, 7) is 1.48. The molecule has 1 aliphatic carbocycles. The van der Waals surface area contributed by atoms with Crippen LogP contribution in [-0.2, 0) is 9.53 Å². The minimum Gasteiger partial charge on any atom is -0.371 e. The zero-order valence-corrected chi connectivity index (χ0v) is 20.1. The Labute approximate surface area is 208 Å². The molecule has 35 heavy (non-hydrogen) atoms. The summed E-state index contributed by atoms with van der Waals surface area (Å²) in [4.78, 5) is 40.3. The molecule has 3 aromatic rings. The summed E-state index contributed by atoms with van der Waals surface area (Å²) in [5, 5.41) is 4.61. The van der Waals surface area contributed by atoms with Crippen LogP contribution in [0, 0.1) is 5.92 Å². The van der Waals surface area contributed by atoms with E-state index in [1.807, 2.05) is 4.90 Å². The molecule has 0 radical (unpaired) electrons. The van der Waals surface area contributed by atoms with Gasteiger partial charge in [-0.2, -0.15) is 0 Å². The number of ketones is 1. The van der Waals surface area contributed by atoms with Crippen molar-refractivity contribution < 1.29 is 14.3 Å². The number of halogens is 1. The van der Waals surface area contributed by atoms with Crippen molar-refractivity contribution in [1.82, 2.24) is 19.9 Å². The van der Waals surface area contributed by atoms with E-state index in [2.05, 4.69) is 20.3 Å². The highest BCUT2D eigenvalue weighted by molar-refractivity contribution is 6.35. The van der Waals surface area contributed by atoms with E-state index in [9.17, 15) is 9.59 Å². The van der Waals surface area contributed by atoms with Crippen LogP contribution in [0.4, 0.5) is 5.82 Å². The Balaban J connectivity index is 1.15. The number of carbonyl (C=O) groups excluding carboxylic acids is 2. The number of aromatic amines is 1. The van der Waals surface area contributed by atoms with Crippen LogP contribution < -0.4 is 5.32 Å². The minimum atomic E-state index is -0.173. The molecule has 4 heterocycles. The Kier molecular flexibility index (Phi) is 5.94. The summed E-state index contributed by atoms with van der Waals surface area (Å²) >= 11 is 6.28. The highest BCUT2D eigenvalue weighted by atomic mass is 35.5. The van der Waals surface area contributed by atoms with E-state index in [0.717, 1.165) is 51.6 Å². The van der Waals surface area contributed by atoms with E-state index in [4.69, 9.17) is 16.3 Å². The molecule has 2 aromatic heterocycles. The lowest BCUT2D eigenvalue weighted by atomic mass is 9.85. The van der Waals surface area contributed by atoms with Gasteiger partial charge in [0.15, 0.2) is 5.78 Å². The van der Waals surface area contributed by atoms with Crippen molar-refractivity contribution >= 4 is 40.1 Å². The summed E-state index contributed by atoms with van der Waals surface area (Å²) in [5.74, 6) is 0.812. The third-order valence-electron chi connectivity index (χ3n) is 7.61. The van der Waals surface area contributed by atoms with Crippen LogP contribution in [0.25, 0.3) is 11.0 Å². The summed E-state index contributed by atoms with van der Waals surface area (Å²) in [7, 11) is 0. The molecule has 6 rings (SSSR count). The van der Waals surface area contributed by atoms with Gasteiger partial charge in [0.05, 0.1) is 28.2 Å². The lowest BCUT2D eigenvalue weighted by molar-refractivity contribution is -0.145. The molecule has 1 aromatic carbocycles. The first kappa shape index (κ1) is 22.5. The fourth-order valence-corrected chi connectivity index (χ4v) is 5.99. The third-order valence-corrected chi connectivity index (χ3v) is 7.94. The van der Waals surface area contributed by atoms with Gasteiger partial charge in [0.25, 0.3) is 0 Å². The van der Waals surface area contributed by atoms with Crippen molar-refractivity contribution in [2.24, 2.45) is 5.92 Å². The van der Waals surface area contributed by atoms with E-state index in [1.165, 1.54) is 6.33 Å². The Morgan fingerprint density at radius 3 is 2.49 bits per heavy atom. The predicted octanol–water partition coefficient (Wildman–Crippen LogP) is 4.20. The molecule has 0 unspecified atom stereocenters. The highest BCUT2D eigenvalue weighted by Gasteiger charge is 2.38. The molecule has 1 saturated carbocycles. The first-order chi connectivity index (χ1) is 17.1. The number of H-pyrrole nitrogens is 1. The standard InChI is InChI=1S/C26H28ClN5O3/c27-21-4-2-1-3-19(21)23(33)20-11-28-24-22(20)25(30-14-29-24)31-16-7-5-15(6-8-16)26(34)32-12-17-9-10-18(13-32)35-17/h1-4,11,14-18H,5-10,12-13H2,(H2,28,29,30,31)/t15?,16?,17-,18-/m0/s1. The number of hydrogen-bond donors (Lipinski definition) is 2. The van der Waals surface area contributed by atoms with Crippen molar-refractivity contribution in [1.29, 1.82) is 0 Å². The molecule has 2 bridgehead atoms. The van der Waals surface area contributed by atoms with Crippen LogP contribution in [-0.4, -0.2) is 62.9 Å². The van der Waals surface area contributed by atoms with Crippen molar-refractivity contribution in [3.63, 3.8) is 0 Å². The maximum atomic E-state index is 13.3. The molecule has 8 nitrogen and oxygen atoms in total. The van der Waals surface area contributed by atoms with Crippen LogP contribution in [0.1, 0.15) is 54.4 Å². The number of carbonyl (C=O) groups is 2. The number of anilines is 1. The summed E-state index contributed by atoms with van der Waals surface area (Å²) in [5.41, 5.74) is 1.53. The fraction of sp³-hybridized carbons (Fsp3) is 0.462. The molecule has 2 atom stereocenters. The third kappa shape index (κ3) is 4.29. The van der Waals surface area contributed by atoms with E-state index in [0.29, 0.717) is 33.0 Å². The average molecular weight is 494 g/mol. The normalized spacial score (nSPS) is 26.1. The van der Waals surface area contributed by atoms with Gasteiger partial charge < -0.3 is 19.9 Å². The minimum absolute atomic E-state index is 0.0700. The number of benzene rings is 1. The maximum Gasteiger partial charge on any atom is 0.225 e. The number of hydrogen-bond acceptors (Lipinski definition) is 6. The molecule has 2 aliphatic heterocycles. The summed E-state index contributed by atoms with van der Waals surface area (Å²) in [6, 6.07) is 7.20. The van der Waals surface area contributed by atoms with E-state index in [1.54, 1.807) is 30.5 Å². The number of aromatic nitrogens is 3. The summed E-state index contributed by atoms with van der Waals surface area (Å²) < 4.78 is 5.89. The number of ether oxygens (including phenoxy) is 1. The van der Waals surface area contributed by atoms with Crippen molar-refractivity contribution in [2.45, 2.75) is 56.8 Å². The number of fused-ring (bicyclic) bond motifs is 3. The van der Waals surface area contributed by atoms with Gasteiger partial charge >= 0.3 is 0 Å². The van der Waals surface area contributed by atoms with Gasteiger partial charge in [0.1, 0.15) is 17.8 Å². The van der Waals surface area contributed by atoms with Crippen LogP contribution in [0.2, 0.25) is 5.02 Å². The van der Waals surface area contributed by atoms with Gasteiger partial charge in [-0.1, -0.05) is 23.7 Å². The molecule has 3 aliphatic rings. The molecule has 1 amide bonds. The topological polar surface area (TPSA) is 100 Å². The molecular weight excluding hydrogens is 466 g/mol. The number of rotatable bonds is 5. The first-order valence-electron chi connectivity index (χ1n) is 12.4. The molecule has 182 valence electrons. The van der Waals surface area contributed by atoms with Crippen molar-refractivity contribution in [3.05, 3.63) is 52.9 Å². The van der Waals surface area contributed by atoms with E-state index >= 15 is 0 Å². The van der Waals surface area contributed by atoms with E-state index in [-0.39, 0.29) is 35.9 Å². The highest BCUT2D eigenvalue weighted by Crippen LogP contribution is 2.33. The van der Waals surface area contributed by atoms with E-state index < -0.39 is 0 Å². The van der Waals surface area contributed by atoms with Crippen LogP contribution in [0.3, 0.4) is 0 Å². The van der Waals surface area contributed by atoms with Crippen LogP contribution in [0.5, 0.6) is 0 Å². The number of nitrogens with zero attached hydrogens (tertiary/aromatic N) is 3. The molecular formula is C26H28ClN5O3. The zero-order chi connectivity index (χ0) is 23.9. The van der Waals surface area contributed by atoms with Gasteiger partial charge in [-0.05, 0) is 50.7 Å². The fourth-order valence-electron chi connectivity index (χ4n) is 5.77. The molecule has 2 N–H and O–H groups in total. The Morgan fingerprint density at radius 1 is 1.00 bits per heavy atom. The zero-order valence-electron chi connectivity index (χ0n) is 19.4. The van der Waals surface area contributed by atoms with Crippen LogP contribution >= 0.6 is 11.6 Å². The number of nitrogens with one attached hydrogen (secondary N) is 2. The predicted molar refractivity (Wildman–Crippen MR) is 133 cm³/mol. The molecule has 3 fully saturated rings. The largest absolute Gasteiger partial charge is 0.371 e. The first-order valence-corrected chi connectivity index (χ1v) is 12.8. The quantitative estimate of drug-likeness (QED) is 0.516. The van der Waals surface area contributed by atoms with Crippen LogP contribution in [0.15, 0.2) is 36.8 Å². The Bertz CT molecular complexity index is 1260. The Morgan fingerprint density at radius 2 is 1.74 bits per heavy atom. The monoisotopic (exact) mass is 493 g/mol. The smallest absolute Gasteiger partial charge is 0.225 e. The van der Waals surface area contributed by atoms with Gasteiger partial charge in [-0.15, -0.1) is 0 Å². The van der Waals surface area contributed by atoms with Crippen molar-refractivity contribution in [2.75, 3.05) is 18.4 Å². The second kappa shape index (κ2) is 9.24. The second-order valence-electron chi connectivity index (χ2n) is 9.85. The average Bonchev–Trinajstić information content (AvgIpc) is 3.47. The van der Waals surface area contributed by atoms with Gasteiger partial charge in [0, 0.05) is 36.8 Å². The summed E-state index contributed by atoms with van der Waals surface area (Å²) in [6.07, 6.45) is 9.17. The molecule has 2 saturated heterocycles. The second-order valence-corrected chi connectivity index (χ2v) is 10.3. The molecule has 0 spiro atoms.